The van der Waals surface area contributed by atoms with Crippen LogP contribution in [0.2, 0.25) is 0 Å². The van der Waals surface area contributed by atoms with Crippen molar-refractivity contribution in [3.63, 3.8) is 0 Å². The molecule has 90 valence electrons. The normalized spacial score (nSPS) is 17.7. The summed E-state index contributed by atoms with van der Waals surface area (Å²) in [7, 11) is 0. The largest absolute Gasteiger partial charge is 0.284 e. The van der Waals surface area contributed by atoms with Crippen molar-refractivity contribution in [2.75, 3.05) is 13.1 Å². The molecule has 1 aliphatic heterocycles. The van der Waals surface area contributed by atoms with Gasteiger partial charge in [-0.15, -0.1) is 0 Å². The molecular formula is C16H16N2. The molecule has 0 amide bonds. The first kappa shape index (κ1) is 11.3. The van der Waals surface area contributed by atoms with E-state index in [2.05, 4.69) is 41.3 Å². The molecule has 2 nitrogen and oxygen atoms in total. The Morgan fingerprint density at radius 2 is 1.72 bits per heavy atom. The molecule has 18 heavy (non-hydrogen) atoms. The average Bonchev–Trinajstić information content (AvgIpc) is 2.94. The minimum absolute atomic E-state index is 0.0985. The van der Waals surface area contributed by atoms with Crippen LogP contribution in [-0.4, -0.2) is 18.0 Å². The molecule has 1 unspecified atom stereocenters. The van der Waals surface area contributed by atoms with Crippen molar-refractivity contribution >= 4 is 10.8 Å². The monoisotopic (exact) mass is 236 g/mol. The Balaban J connectivity index is 2.09. The first-order chi connectivity index (χ1) is 8.90. The Labute approximate surface area is 107 Å². The highest BCUT2D eigenvalue weighted by atomic mass is 15.2. The number of likely N-dealkylation sites (tertiary alicyclic amines) is 1. The van der Waals surface area contributed by atoms with Crippen molar-refractivity contribution in [1.82, 2.24) is 4.90 Å². The van der Waals surface area contributed by atoms with Crippen molar-refractivity contribution in [3.8, 4) is 6.07 Å². The second-order valence-electron chi connectivity index (χ2n) is 4.84. The quantitative estimate of drug-likeness (QED) is 0.798. The van der Waals surface area contributed by atoms with Crippen LogP contribution in [0.25, 0.3) is 10.8 Å². The van der Waals surface area contributed by atoms with Gasteiger partial charge in [0.1, 0.15) is 6.04 Å². The fourth-order valence-electron chi connectivity index (χ4n) is 2.84. The van der Waals surface area contributed by atoms with Crippen LogP contribution in [0.5, 0.6) is 0 Å². The Bertz CT molecular complexity index is 586. The molecule has 0 bridgehead atoms. The third kappa shape index (κ3) is 1.87. The van der Waals surface area contributed by atoms with Crippen LogP contribution < -0.4 is 0 Å². The molecular weight excluding hydrogens is 220 g/mol. The topological polar surface area (TPSA) is 27.0 Å². The third-order valence-electron chi connectivity index (χ3n) is 3.75. The van der Waals surface area contributed by atoms with Crippen molar-refractivity contribution in [2.24, 2.45) is 0 Å². The van der Waals surface area contributed by atoms with E-state index in [0.717, 1.165) is 18.7 Å². The highest BCUT2D eigenvalue weighted by Gasteiger charge is 2.24. The summed E-state index contributed by atoms with van der Waals surface area (Å²) in [5.41, 5.74) is 1.15. The molecule has 1 fully saturated rings. The number of nitrogens with zero attached hydrogens (tertiary/aromatic N) is 2. The molecule has 0 aliphatic carbocycles. The van der Waals surface area contributed by atoms with Crippen LogP contribution in [0.3, 0.4) is 0 Å². The molecule has 1 heterocycles. The molecule has 1 saturated heterocycles. The number of hydrogen-bond acceptors (Lipinski definition) is 2. The number of hydrogen-bond donors (Lipinski definition) is 0. The average molecular weight is 236 g/mol. The molecule has 2 heteroatoms. The Morgan fingerprint density at radius 3 is 2.50 bits per heavy atom. The summed E-state index contributed by atoms with van der Waals surface area (Å²) in [6.45, 7) is 2.09. The first-order valence-electron chi connectivity index (χ1n) is 6.51. The van der Waals surface area contributed by atoms with Crippen LogP contribution >= 0.6 is 0 Å². The Hall–Kier alpha value is -1.85. The van der Waals surface area contributed by atoms with Crippen LogP contribution in [0.15, 0.2) is 42.5 Å². The van der Waals surface area contributed by atoms with E-state index in [1.165, 1.54) is 23.6 Å². The number of rotatable bonds is 2. The molecule has 0 spiro atoms. The maximum absolute atomic E-state index is 9.51. The van der Waals surface area contributed by atoms with Gasteiger partial charge < -0.3 is 0 Å². The van der Waals surface area contributed by atoms with Crippen LogP contribution in [0.4, 0.5) is 0 Å². The summed E-state index contributed by atoms with van der Waals surface area (Å²) < 4.78 is 0. The van der Waals surface area contributed by atoms with Gasteiger partial charge in [-0.1, -0.05) is 42.5 Å². The van der Waals surface area contributed by atoms with Gasteiger partial charge in [0.05, 0.1) is 6.07 Å². The summed E-state index contributed by atoms with van der Waals surface area (Å²) in [5.74, 6) is 0. The Kier molecular flexibility index (Phi) is 3.00. The van der Waals surface area contributed by atoms with Gasteiger partial charge in [0.2, 0.25) is 0 Å². The van der Waals surface area contributed by atoms with E-state index in [0.29, 0.717) is 0 Å². The first-order valence-corrected chi connectivity index (χ1v) is 6.51. The molecule has 2 aromatic rings. The zero-order valence-electron chi connectivity index (χ0n) is 10.3. The lowest BCUT2D eigenvalue weighted by atomic mass is 9.98. The van der Waals surface area contributed by atoms with E-state index < -0.39 is 0 Å². The van der Waals surface area contributed by atoms with Gasteiger partial charge >= 0.3 is 0 Å². The Morgan fingerprint density at radius 1 is 1.00 bits per heavy atom. The van der Waals surface area contributed by atoms with Crippen molar-refractivity contribution < 1.29 is 0 Å². The maximum Gasteiger partial charge on any atom is 0.124 e. The van der Waals surface area contributed by atoms with Gasteiger partial charge in [-0.05, 0) is 42.3 Å². The molecule has 3 rings (SSSR count). The summed E-state index contributed by atoms with van der Waals surface area (Å²) in [4.78, 5) is 2.29. The van der Waals surface area contributed by atoms with Crippen molar-refractivity contribution in [1.29, 1.82) is 5.26 Å². The van der Waals surface area contributed by atoms with E-state index in [-0.39, 0.29) is 6.04 Å². The van der Waals surface area contributed by atoms with Crippen molar-refractivity contribution in [3.05, 3.63) is 48.0 Å². The zero-order chi connectivity index (χ0) is 12.4. The smallest absolute Gasteiger partial charge is 0.124 e. The highest BCUT2D eigenvalue weighted by molar-refractivity contribution is 5.86. The molecule has 0 N–H and O–H groups in total. The second kappa shape index (κ2) is 4.80. The number of benzene rings is 2. The third-order valence-corrected chi connectivity index (χ3v) is 3.75. The number of nitriles is 1. The van der Waals surface area contributed by atoms with Gasteiger partial charge in [-0.25, -0.2) is 0 Å². The lowest BCUT2D eigenvalue weighted by Gasteiger charge is -2.22. The predicted molar refractivity (Wildman–Crippen MR) is 73.1 cm³/mol. The molecule has 0 saturated carbocycles. The van der Waals surface area contributed by atoms with Gasteiger partial charge in [-0.2, -0.15) is 5.26 Å². The van der Waals surface area contributed by atoms with Crippen LogP contribution in [0, 0.1) is 11.3 Å². The standard InChI is InChI=1S/C16H16N2/c17-12-16(18-10-3-4-11-18)15-9-5-7-13-6-1-2-8-14(13)15/h1-2,5-9,16H,3-4,10-11H2. The fourth-order valence-corrected chi connectivity index (χ4v) is 2.84. The van der Waals surface area contributed by atoms with Gasteiger partial charge in [-0.3, -0.25) is 4.90 Å². The minimum atomic E-state index is -0.0985. The molecule has 0 radical (unpaired) electrons. The van der Waals surface area contributed by atoms with E-state index >= 15 is 0 Å². The molecule has 2 aromatic carbocycles. The van der Waals surface area contributed by atoms with Crippen molar-refractivity contribution in [2.45, 2.75) is 18.9 Å². The van der Waals surface area contributed by atoms with E-state index in [9.17, 15) is 5.26 Å². The molecule has 1 atom stereocenters. The second-order valence-corrected chi connectivity index (χ2v) is 4.84. The van der Waals surface area contributed by atoms with Gasteiger partial charge in [0.15, 0.2) is 0 Å². The van der Waals surface area contributed by atoms with Crippen LogP contribution in [0.1, 0.15) is 24.4 Å². The SMILES string of the molecule is N#CC(c1cccc2ccccc12)N1CCCC1. The van der Waals surface area contributed by atoms with Crippen LogP contribution in [-0.2, 0) is 0 Å². The van der Waals surface area contributed by atoms with Gasteiger partial charge in [0, 0.05) is 0 Å². The highest BCUT2D eigenvalue weighted by Crippen LogP contribution is 2.30. The maximum atomic E-state index is 9.51. The fraction of sp³-hybridized carbons (Fsp3) is 0.312. The lowest BCUT2D eigenvalue weighted by molar-refractivity contribution is 0.296. The summed E-state index contributed by atoms with van der Waals surface area (Å²) in [6.07, 6.45) is 2.42. The van der Waals surface area contributed by atoms with Gasteiger partial charge in [0.25, 0.3) is 0 Å². The summed E-state index contributed by atoms with van der Waals surface area (Å²) in [6, 6.07) is 16.9. The van der Waals surface area contributed by atoms with E-state index in [1.807, 2.05) is 12.1 Å². The summed E-state index contributed by atoms with van der Waals surface area (Å²) in [5, 5.41) is 11.9. The number of fused-ring (bicyclic) bond motifs is 1. The van der Waals surface area contributed by atoms with E-state index in [1.54, 1.807) is 0 Å². The van der Waals surface area contributed by atoms with E-state index in [4.69, 9.17) is 0 Å². The predicted octanol–water partition coefficient (Wildman–Crippen LogP) is 3.50. The minimum Gasteiger partial charge on any atom is -0.284 e. The lowest BCUT2D eigenvalue weighted by Crippen LogP contribution is -2.24. The zero-order valence-corrected chi connectivity index (χ0v) is 10.3. The summed E-state index contributed by atoms with van der Waals surface area (Å²) >= 11 is 0. The molecule has 1 aliphatic rings. The molecule has 0 aromatic heterocycles.